The lowest BCUT2D eigenvalue weighted by molar-refractivity contribution is -0.114. The molecule has 2 aromatic heterocycles. The van der Waals surface area contributed by atoms with Crippen LogP contribution in [0.3, 0.4) is 0 Å². The van der Waals surface area contributed by atoms with Gasteiger partial charge in [-0.1, -0.05) is 11.8 Å². The summed E-state index contributed by atoms with van der Waals surface area (Å²) in [4.78, 5) is 32.0. The van der Waals surface area contributed by atoms with E-state index in [9.17, 15) is 13.8 Å². The number of amides is 2. The molecular weight excluding hydrogens is 400 g/mol. The van der Waals surface area contributed by atoms with Crippen molar-refractivity contribution in [1.82, 2.24) is 9.97 Å². The maximum Gasteiger partial charge on any atom is 0.286 e. The Morgan fingerprint density at radius 1 is 0.967 bits per heavy atom. The van der Waals surface area contributed by atoms with Crippen molar-refractivity contribution in [2.75, 3.05) is 11.6 Å². The van der Waals surface area contributed by atoms with Gasteiger partial charge in [-0.05, 0) is 42.5 Å². The van der Waals surface area contributed by atoms with Gasteiger partial charge in [-0.25, -0.2) is 4.21 Å². The monoisotopic (exact) mass is 418 g/mol. The standard InChI is InChI=1S/C22H18N4O3S/c1-16(27)25-20-5-7-21(8-6-20)30(2,29)26-22(28)19-13-18(14-24-15-19)4-3-17-9-11-23-12-10-17/h5-15H,1-2H3,(H,25,27). The number of carbonyl (C=O) groups is 2. The van der Waals surface area contributed by atoms with Gasteiger partial charge in [-0.15, -0.1) is 0 Å². The SMILES string of the molecule is CC(=O)Nc1ccc(S(C)(=O)=NC(=O)c2cncc(C#Cc3ccncc3)c2)cc1. The highest BCUT2D eigenvalue weighted by Crippen LogP contribution is 2.17. The minimum absolute atomic E-state index is 0.195. The van der Waals surface area contributed by atoms with Crippen LogP contribution in [0.15, 0.2) is 76.5 Å². The Morgan fingerprint density at radius 2 is 1.63 bits per heavy atom. The highest BCUT2D eigenvalue weighted by Gasteiger charge is 2.12. The first-order valence-electron chi connectivity index (χ1n) is 8.85. The molecule has 0 aliphatic heterocycles. The van der Waals surface area contributed by atoms with E-state index in [2.05, 4.69) is 31.5 Å². The first-order chi connectivity index (χ1) is 14.3. The molecule has 1 atom stereocenters. The summed E-state index contributed by atoms with van der Waals surface area (Å²) < 4.78 is 16.9. The number of benzene rings is 1. The molecule has 0 saturated heterocycles. The largest absolute Gasteiger partial charge is 0.326 e. The summed E-state index contributed by atoms with van der Waals surface area (Å²) in [6, 6.07) is 11.5. The predicted octanol–water partition coefficient (Wildman–Crippen LogP) is 3.13. The fourth-order valence-corrected chi connectivity index (χ4v) is 3.63. The van der Waals surface area contributed by atoms with E-state index in [-0.39, 0.29) is 11.5 Å². The van der Waals surface area contributed by atoms with Gasteiger partial charge in [-0.2, -0.15) is 4.36 Å². The first-order valence-corrected chi connectivity index (χ1v) is 10.8. The molecule has 7 nitrogen and oxygen atoms in total. The molecule has 0 saturated carbocycles. The van der Waals surface area contributed by atoms with Crippen molar-refractivity contribution in [2.45, 2.75) is 11.8 Å². The molecule has 0 spiro atoms. The van der Waals surface area contributed by atoms with E-state index in [1.54, 1.807) is 54.9 Å². The molecule has 0 fully saturated rings. The third-order valence-corrected chi connectivity index (χ3v) is 5.55. The van der Waals surface area contributed by atoms with Crippen LogP contribution in [0.1, 0.15) is 28.4 Å². The highest BCUT2D eigenvalue weighted by molar-refractivity contribution is 7.93. The molecule has 0 aliphatic rings. The van der Waals surface area contributed by atoms with Crippen LogP contribution in [-0.4, -0.2) is 32.2 Å². The Balaban J connectivity index is 1.84. The number of nitrogens with one attached hydrogen (secondary N) is 1. The van der Waals surface area contributed by atoms with Crippen molar-refractivity contribution in [3.8, 4) is 11.8 Å². The molecule has 0 radical (unpaired) electrons. The lowest BCUT2D eigenvalue weighted by atomic mass is 10.2. The van der Waals surface area contributed by atoms with Gasteiger partial charge in [0.25, 0.3) is 5.91 Å². The van der Waals surface area contributed by atoms with Gasteiger partial charge in [0.15, 0.2) is 0 Å². The Hall–Kier alpha value is -3.83. The Kier molecular flexibility index (Phi) is 6.35. The van der Waals surface area contributed by atoms with E-state index < -0.39 is 15.6 Å². The number of nitrogens with zero attached hydrogens (tertiary/aromatic N) is 3. The van der Waals surface area contributed by atoms with Crippen molar-refractivity contribution in [2.24, 2.45) is 4.36 Å². The normalized spacial score (nSPS) is 12.1. The van der Waals surface area contributed by atoms with Gasteiger partial charge in [0.2, 0.25) is 5.91 Å². The molecule has 30 heavy (non-hydrogen) atoms. The van der Waals surface area contributed by atoms with E-state index in [0.717, 1.165) is 5.56 Å². The van der Waals surface area contributed by atoms with Crippen molar-refractivity contribution in [3.05, 3.63) is 83.9 Å². The van der Waals surface area contributed by atoms with Crippen LogP contribution in [0, 0.1) is 11.8 Å². The second-order valence-electron chi connectivity index (χ2n) is 6.35. The van der Waals surface area contributed by atoms with Crippen LogP contribution >= 0.6 is 0 Å². The second-order valence-corrected chi connectivity index (χ2v) is 8.61. The third kappa shape index (κ3) is 5.59. The third-order valence-electron chi connectivity index (χ3n) is 3.89. The maximum atomic E-state index is 13.0. The van der Waals surface area contributed by atoms with Crippen LogP contribution in [0.2, 0.25) is 0 Å². The lowest BCUT2D eigenvalue weighted by Gasteiger charge is -2.06. The van der Waals surface area contributed by atoms with E-state index in [0.29, 0.717) is 16.1 Å². The zero-order valence-corrected chi connectivity index (χ0v) is 17.1. The summed E-state index contributed by atoms with van der Waals surface area (Å²) in [6.07, 6.45) is 7.57. The Bertz CT molecular complexity index is 1270. The summed E-state index contributed by atoms with van der Waals surface area (Å²) in [5, 5.41) is 2.63. The smallest absolute Gasteiger partial charge is 0.286 e. The number of hydrogen-bond acceptors (Lipinski definition) is 5. The van der Waals surface area contributed by atoms with E-state index in [1.807, 2.05) is 0 Å². The molecule has 1 aromatic carbocycles. The molecule has 3 aromatic rings. The van der Waals surface area contributed by atoms with E-state index >= 15 is 0 Å². The number of aromatic nitrogens is 2. The number of hydrogen-bond donors (Lipinski definition) is 1. The lowest BCUT2D eigenvalue weighted by Crippen LogP contribution is -2.07. The fraction of sp³-hybridized carbons (Fsp3) is 0.0909. The zero-order chi connectivity index (χ0) is 21.6. The van der Waals surface area contributed by atoms with Crippen LogP contribution in [0.5, 0.6) is 0 Å². The number of anilines is 1. The van der Waals surface area contributed by atoms with Gasteiger partial charge >= 0.3 is 0 Å². The molecule has 1 N–H and O–H groups in total. The van der Waals surface area contributed by atoms with Gasteiger partial charge in [0.1, 0.15) is 0 Å². The van der Waals surface area contributed by atoms with Gasteiger partial charge in [-0.3, -0.25) is 19.6 Å². The molecular formula is C22H18N4O3S. The number of pyridine rings is 2. The quantitative estimate of drug-likeness (QED) is 0.659. The molecule has 150 valence electrons. The zero-order valence-electron chi connectivity index (χ0n) is 16.3. The summed E-state index contributed by atoms with van der Waals surface area (Å²) in [5.41, 5.74) is 2.08. The molecule has 3 rings (SSSR count). The highest BCUT2D eigenvalue weighted by atomic mass is 32.2. The summed E-state index contributed by atoms with van der Waals surface area (Å²) in [6.45, 7) is 1.40. The second kappa shape index (κ2) is 9.11. The van der Waals surface area contributed by atoms with E-state index in [4.69, 9.17) is 0 Å². The molecule has 1 unspecified atom stereocenters. The van der Waals surface area contributed by atoms with Crippen LogP contribution in [-0.2, 0) is 14.5 Å². The van der Waals surface area contributed by atoms with Crippen LogP contribution < -0.4 is 5.32 Å². The molecule has 2 amide bonds. The molecule has 0 bridgehead atoms. The molecule has 2 heterocycles. The Labute approximate surface area is 174 Å². The first kappa shape index (κ1) is 20.9. The van der Waals surface area contributed by atoms with Gasteiger partial charge in [0, 0.05) is 59.7 Å². The van der Waals surface area contributed by atoms with Crippen molar-refractivity contribution in [3.63, 3.8) is 0 Å². The maximum absolute atomic E-state index is 13.0. The van der Waals surface area contributed by atoms with Gasteiger partial charge in [0.05, 0.1) is 15.3 Å². The fourth-order valence-electron chi connectivity index (χ4n) is 2.46. The van der Waals surface area contributed by atoms with Crippen molar-refractivity contribution >= 4 is 27.2 Å². The van der Waals surface area contributed by atoms with Gasteiger partial charge < -0.3 is 5.32 Å². The summed E-state index contributed by atoms with van der Waals surface area (Å²) in [7, 11) is -2.98. The van der Waals surface area contributed by atoms with Crippen LogP contribution in [0.4, 0.5) is 5.69 Å². The molecule has 0 aliphatic carbocycles. The van der Waals surface area contributed by atoms with Crippen molar-refractivity contribution < 1.29 is 13.8 Å². The van der Waals surface area contributed by atoms with E-state index in [1.165, 1.54) is 25.6 Å². The molecule has 8 heteroatoms. The minimum atomic E-state index is -2.98. The summed E-state index contributed by atoms with van der Waals surface area (Å²) >= 11 is 0. The minimum Gasteiger partial charge on any atom is -0.326 e. The predicted molar refractivity (Wildman–Crippen MR) is 114 cm³/mol. The number of carbonyl (C=O) groups excluding carboxylic acids is 2. The number of rotatable bonds is 3. The average molecular weight is 418 g/mol. The van der Waals surface area contributed by atoms with Crippen LogP contribution in [0.25, 0.3) is 0 Å². The summed E-state index contributed by atoms with van der Waals surface area (Å²) in [5.74, 6) is 5.04. The Morgan fingerprint density at radius 3 is 2.30 bits per heavy atom. The topological polar surface area (TPSA) is 101 Å². The average Bonchev–Trinajstić information content (AvgIpc) is 2.73. The van der Waals surface area contributed by atoms with Crippen molar-refractivity contribution in [1.29, 1.82) is 0 Å².